The summed E-state index contributed by atoms with van der Waals surface area (Å²) in [7, 11) is 0. The molecule has 98 valence electrons. The Labute approximate surface area is 118 Å². The fraction of sp³-hybridized carbons (Fsp3) is 0.158. The molecular formula is C19H17N. The van der Waals surface area contributed by atoms with Gasteiger partial charge in [-0.3, -0.25) is 0 Å². The lowest BCUT2D eigenvalue weighted by Gasteiger charge is -2.20. The zero-order valence-corrected chi connectivity index (χ0v) is 11.6. The van der Waals surface area contributed by atoms with Crippen LogP contribution < -0.4 is 5.73 Å². The van der Waals surface area contributed by atoms with Gasteiger partial charge in [-0.25, -0.2) is 0 Å². The van der Waals surface area contributed by atoms with Gasteiger partial charge < -0.3 is 5.73 Å². The third-order valence-electron chi connectivity index (χ3n) is 4.45. The van der Waals surface area contributed by atoms with E-state index in [-0.39, 0.29) is 0 Å². The summed E-state index contributed by atoms with van der Waals surface area (Å²) in [5.74, 6) is 0.590. The minimum Gasteiger partial charge on any atom is -0.398 e. The number of nitrogens with two attached hydrogens (primary N) is 1. The molecular weight excluding hydrogens is 242 g/mol. The van der Waals surface area contributed by atoms with E-state index < -0.39 is 0 Å². The summed E-state index contributed by atoms with van der Waals surface area (Å²) in [6, 6.07) is 15.1. The lowest BCUT2D eigenvalue weighted by Crippen LogP contribution is -2.01. The fourth-order valence-corrected chi connectivity index (χ4v) is 3.38. The van der Waals surface area contributed by atoms with Crippen molar-refractivity contribution < 1.29 is 0 Å². The first-order valence-electron chi connectivity index (χ1n) is 7.16. The Morgan fingerprint density at radius 1 is 0.950 bits per heavy atom. The van der Waals surface area contributed by atoms with Gasteiger partial charge in [0.2, 0.25) is 0 Å². The minimum absolute atomic E-state index is 0.590. The van der Waals surface area contributed by atoms with Crippen LogP contribution in [-0.2, 0) is 0 Å². The summed E-state index contributed by atoms with van der Waals surface area (Å²) >= 11 is 0. The van der Waals surface area contributed by atoms with Gasteiger partial charge in [0.25, 0.3) is 0 Å². The van der Waals surface area contributed by atoms with Gasteiger partial charge in [0.1, 0.15) is 0 Å². The van der Waals surface area contributed by atoms with E-state index in [0.29, 0.717) is 5.92 Å². The molecule has 1 unspecified atom stereocenters. The lowest BCUT2D eigenvalue weighted by molar-refractivity contribution is 0.773. The van der Waals surface area contributed by atoms with Crippen LogP contribution in [0.5, 0.6) is 0 Å². The molecule has 3 aromatic rings. The summed E-state index contributed by atoms with van der Waals surface area (Å²) in [4.78, 5) is 0. The van der Waals surface area contributed by atoms with Gasteiger partial charge in [0.15, 0.2) is 0 Å². The minimum atomic E-state index is 0.590. The maximum atomic E-state index is 6.27. The van der Waals surface area contributed by atoms with Crippen LogP contribution >= 0.6 is 0 Å². The molecule has 0 bridgehead atoms. The first-order valence-corrected chi connectivity index (χ1v) is 7.16. The molecule has 0 saturated carbocycles. The van der Waals surface area contributed by atoms with E-state index in [1.165, 1.54) is 27.3 Å². The Morgan fingerprint density at radius 3 is 2.55 bits per heavy atom. The molecule has 1 atom stereocenters. The van der Waals surface area contributed by atoms with Crippen LogP contribution in [0.1, 0.15) is 30.4 Å². The Balaban J connectivity index is 2.21. The highest BCUT2D eigenvalue weighted by Gasteiger charge is 2.16. The van der Waals surface area contributed by atoms with Crippen molar-refractivity contribution in [1.82, 2.24) is 0 Å². The molecule has 0 spiro atoms. The summed E-state index contributed by atoms with van der Waals surface area (Å²) in [5, 5.41) is 4.97. The van der Waals surface area contributed by atoms with Crippen LogP contribution in [0, 0.1) is 0 Å². The smallest absolute Gasteiger partial charge is 0.0400 e. The van der Waals surface area contributed by atoms with Crippen molar-refractivity contribution in [2.24, 2.45) is 0 Å². The molecule has 20 heavy (non-hydrogen) atoms. The Bertz CT molecular complexity index is 858. The van der Waals surface area contributed by atoms with E-state index in [1.54, 1.807) is 0 Å². The highest BCUT2D eigenvalue weighted by molar-refractivity contribution is 6.14. The van der Waals surface area contributed by atoms with Crippen LogP contribution in [0.3, 0.4) is 0 Å². The van der Waals surface area contributed by atoms with Crippen molar-refractivity contribution in [3.05, 3.63) is 59.7 Å². The van der Waals surface area contributed by atoms with Gasteiger partial charge >= 0.3 is 0 Å². The largest absolute Gasteiger partial charge is 0.398 e. The summed E-state index contributed by atoms with van der Waals surface area (Å²) in [5.41, 5.74) is 9.92. The lowest BCUT2D eigenvalue weighted by atomic mass is 9.84. The van der Waals surface area contributed by atoms with Crippen molar-refractivity contribution in [2.75, 3.05) is 5.73 Å². The van der Waals surface area contributed by atoms with Crippen LogP contribution in [0.2, 0.25) is 0 Å². The fourth-order valence-electron chi connectivity index (χ4n) is 3.38. The zero-order valence-electron chi connectivity index (χ0n) is 11.6. The molecule has 0 heterocycles. The molecule has 0 amide bonds. The van der Waals surface area contributed by atoms with Crippen molar-refractivity contribution in [3.8, 4) is 0 Å². The average molecular weight is 259 g/mol. The van der Waals surface area contributed by atoms with E-state index in [9.17, 15) is 0 Å². The third-order valence-corrected chi connectivity index (χ3v) is 4.45. The molecule has 1 aliphatic rings. The van der Waals surface area contributed by atoms with Crippen molar-refractivity contribution in [1.29, 1.82) is 0 Å². The SMILES string of the molecule is CC1CC=Cc2c1ccc1c2cc(N)c2ccccc21. The number of anilines is 1. The molecule has 1 aliphatic carbocycles. The molecule has 0 radical (unpaired) electrons. The van der Waals surface area contributed by atoms with Crippen molar-refractivity contribution in [2.45, 2.75) is 19.3 Å². The van der Waals surface area contributed by atoms with E-state index >= 15 is 0 Å². The van der Waals surface area contributed by atoms with E-state index in [1.807, 2.05) is 6.07 Å². The van der Waals surface area contributed by atoms with E-state index in [4.69, 9.17) is 5.73 Å². The van der Waals surface area contributed by atoms with Gasteiger partial charge in [0, 0.05) is 11.1 Å². The zero-order chi connectivity index (χ0) is 13.7. The van der Waals surface area contributed by atoms with Gasteiger partial charge in [-0.2, -0.15) is 0 Å². The second kappa shape index (κ2) is 4.11. The highest BCUT2D eigenvalue weighted by atomic mass is 14.6. The molecule has 1 heteroatoms. The molecule has 2 N–H and O–H groups in total. The second-order valence-corrected chi connectivity index (χ2v) is 5.71. The molecule has 0 aliphatic heterocycles. The average Bonchev–Trinajstić information content (AvgIpc) is 2.48. The standard InChI is InChI=1S/C19H17N/c1-12-5-4-8-14-13(12)9-10-16-15-6-2-3-7-17(15)19(20)11-18(14)16/h2-4,6-12H,5,20H2,1H3. The van der Waals surface area contributed by atoms with Crippen LogP contribution in [0.4, 0.5) is 5.69 Å². The van der Waals surface area contributed by atoms with Gasteiger partial charge in [0.05, 0.1) is 0 Å². The maximum Gasteiger partial charge on any atom is 0.0400 e. The summed E-state index contributed by atoms with van der Waals surface area (Å²) < 4.78 is 0. The number of hydrogen-bond donors (Lipinski definition) is 1. The first-order chi connectivity index (χ1) is 9.75. The van der Waals surface area contributed by atoms with E-state index in [2.05, 4.69) is 55.5 Å². The van der Waals surface area contributed by atoms with Gasteiger partial charge in [-0.05, 0) is 45.7 Å². The molecule has 4 rings (SSSR count). The highest BCUT2D eigenvalue weighted by Crippen LogP contribution is 2.38. The monoisotopic (exact) mass is 259 g/mol. The molecule has 1 nitrogen and oxygen atoms in total. The number of hydrogen-bond acceptors (Lipinski definition) is 1. The normalized spacial score (nSPS) is 17.6. The number of rotatable bonds is 0. The predicted octanol–water partition coefficient (Wildman–Crippen LogP) is 5.10. The Hall–Kier alpha value is -2.28. The number of benzene rings is 3. The molecule has 0 saturated heterocycles. The Morgan fingerprint density at radius 2 is 1.70 bits per heavy atom. The van der Waals surface area contributed by atoms with Crippen molar-refractivity contribution in [3.63, 3.8) is 0 Å². The van der Waals surface area contributed by atoms with Crippen molar-refractivity contribution >= 4 is 33.3 Å². The third kappa shape index (κ3) is 1.50. The van der Waals surface area contributed by atoms with Crippen LogP contribution in [0.25, 0.3) is 27.6 Å². The molecule has 0 aromatic heterocycles. The number of nitrogen functional groups attached to an aromatic ring is 1. The Kier molecular flexibility index (Phi) is 2.37. The predicted molar refractivity (Wildman–Crippen MR) is 87.9 cm³/mol. The maximum absolute atomic E-state index is 6.27. The molecule has 3 aromatic carbocycles. The molecule has 0 fully saturated rings. The van der Waals surface area contributed by atoms with Gasteiger partial charge in [-0.1, -0.05) is 55.5 Å². The quantitative estimate of drug-likeness (QED) is 0.441. The van der Waals surface area contributed by atoms with Crippen LogP contribution in [0.15, 0.2) is 48.5 Å². The summed E-state index contributed by atoms with van der Waals surface area (Å²) in [6.45, 7) is 2.29. The second-order valence-electron chi connectivity index (χ2n) is 5.71. The number of allylic oxidation sites excluding steroid dienone is 1. The van der Waals surface area contributed by atoms with E-state index in [0.717, 1.165) is 17.5 Å². The van der Waals surface area contributed by atoms with Gasteiger partial charge in [-0.15, -0.1) is 0 Å². The topological polar surface area (TPSA) is 26.0 Å². The summed E-state index contributed by atoms with van der Waals surface area (Å²) in [6.07, 6.45) is 5.66. The number of fused-ring (bicyclic) bond motifs is 5. The van der Waals surface area contributed by atoms with Crippen LogP contribution in [-0.4, -0.2) is 0 Å². The first kappa shape index (κ1) is 11.5.